The summed E-state index contributed by atoms with van der Waals surface area (Å²) >= 11 is 0. The second-order valence-electron chi connectivity index (χ2n) is 2.21. The predicted octanol–water partition coefficient (Wildman–Crippen LogP) is 0.544. The topological polar surface area (TPSA) is 52.6 Å². The Morgan fingerprint density at radius 2 is 2.25 bits per heavy atom. The van der Waals surface area contributed by atoms with Gasteiger partial charge in [-0.05, 0) is 13.3 Å². The Bertz CT molecular complexity index is 144. The first-order valence-corrected chi connectivity index (χ1v) is 3.89. The smallest absolute Gasteiger partial charge is 0.334 e. The molecule has 0 aromatic rings. The van der Waals surface area contributed by atoms with Crippen molar-refractivity contribution in [1.82, 2.24) is 0 Å². The fourth-order valence-electron chi connectivity index (χ4n) is 0.821. The quantitative estimate of drug-likeness (QED) is 0.435. The largest absolute Gasteiger partial charge is 0.467 e. The van der Waals surface area contributed by atoms with Crippen LogP contribution < -0.4 is 0 Å². The molecule has 0 aliphatic rings. The van der Waals surface area contributed by atoms with E-state index >= 15 is 0 Å². The Kier molecular flexibility index (Phi) is 6.28. The highest BCUT2D eigenvalue weighted by Crippen LogP contribution is 2.02. The minimum Gasteiger partial charge on any atom is -0.467 e. The number of hydrogen-bond donors (Lipinski definition) is 0. The zero-order valence-electron chi connectivity index (χ0n) is 7.41. The van der Waals surface area contributed by atoms with Gasteiger partial charge in [-0.2, -0.15) is 0 Å². The molecule has 0 saturated heterocycles. The van der Waals surface area contributed by atoms with Gasteiger partial charge in [0.1, 0.15) is 6.29 Å². The molecule has 0 spiro atoms. The molecule has 0 saturated carbocycles. The van der Waals surface area contributed by atoms with Crippen molar-refractivity contribution in [3.05, 3.63) is 0 Å². The predicted molar refractivity (Wildman–Crippen MR) is 42.7 cm³/mol. The van der Waals surface area contributed by atoms with E-state index in [9.17, 15) is 9.59 Å². The summed E-state index contributed by atoms with van der Waals surface area (Å²) in [4.78, 5) is 21.0. The summed E-state index contributed by atoms with van der Waals surface area (Å²) in [7, 11) is 1.30. The van der Waals surface area contributed by atoms with Crippen LogP contribution in [0.5, 0.6) is 0 Å². The van der Waals surface area contributed by atoms with Crippen LogP contribution in [0.3, 0.4) is 0 Å². The van der Waals surface area contributed by atoms with Crippen LogP contribution in [0.25, 0.3) is 0 Å². The Morgan fingerprint density at radius 1 is 1.58 bits per heavy atom. The SMILES string of the molecule is CCOC(CCC=O)C(=O)OC. The van der Waals surface area contributed by atoms with Crippen molar-refractivity contribution >= 4 is 12.3 Å². The van der Waals surface area contributed by atoms with E-state index in [2.05, 4.69) is 4.74 Å². The zero-order valence-corrected chi connectivity index (χ0v) is 7.41. The lowest BCUT2D eigenvalue weighted by atomic mass is 10.2. The van der Waals surface area contributed by atoms with Crippen LogP contribution in [0.2, 0.25) is 0 Å². The molecule has 0 aromatic carbocycles. The maximum absolute atomic E-state index is 10.9. The monoisotopic (exact) mass is 174 g/mol. The van der Waals surface area contributed by atoms with Crippen LogP contribution in [-0.4, -0.2) is 32.1 Å². The van der Waals surface area contributed by atoms with Crippen molar-refractivity contribution in [2.24, 2.45) is 0 Å². The summed E-state index contributed by atoms with van der Waals surface area (Å²) in [6, 6.07) is 0. The summed E-state index contributed by atoms with van der Waals surface area (Å²) in [5, 5.41) is 0. The van der Waals surface area contributed by atoms with Crippen molar-refractivity contribution in [1.29, 1.82) is 0 Å². The number of carbonyl (C=O) groups excluding carboxylic acids is 2. The minimum absolute atomic E-state index is 0.319. The van der Waals surface area contributed by atoms with Gasteiger partial charge in [-0.1, -0.05) is 0 Å². The zero-order chi connectivity index (χ0) is 9.40. The average molecular weight is 174 g/mol. The molecule has 0 aliphatic carbocycles. The molecule has 4 nitrogen and oxygen atoms in total. The summed E-state index contributed by atoms with van der Waals surface area (Å²) < 4.78 is 9.55. The van der Waals surface area contributed by atoms with Gasteiger partial charge in [0, 0.05) is 13.0 Å². The number of esters is 1. The number of rotatable bonds is 6. The first-order chi connectivity index (χ1) is 5.76. The Balaban J connectivity index is 3.84. The van der Waals surface area contributed by atoms with Crippen molar-refractivity contribution in [2.45, 2.75) is 25.9 Å². The van der Waals surface area contributed by atoms with Crippen LogP contribution >= 0.6 is 0 Å². The van der Waals surface area contributed by atoms with E-state index in [0.29, 0.717) is 19.4 Å². The van der Waals surface area contributed by atoms with Gasteiger partial charge in [-0.15, -0.1) is 0 Å². The van der Waals surface area contributed by atoms with Gasteiger partial charge in [-0.3, -0.25) is 0 Å². The first-order valence-electron chi connectivity index (χ1n) is 3.89. The molecule has 0 fully saturated rings. The van der Waals surface area contributed by atoms with Gasteiger partial charge in [0.25, 0.3) is 0 Å². The van der Waals surface area contributed by atoms with Crippen molar-refractivity contribution in [3.8, 4) is 0 Å². The first kappa shape index (κ1) is 11.1. The Hall–Kier alpha value is -0.900. The molecule has 0 amide bonds. The molecular weight excluding hydrogens is 160 g/mol. The highest BCUT2D eigenvalue weighted by Gasteiger charge is 2.17. The minimum atomic E-state index is -0.592. The fourth-order valence-corrected chi connectivity index (χ4v) is 0.821. The van der Waals surface area contributed by atoms with E-state index in [-0.39, 0.29) is 0 Å². The van der Waals surface area contributed by atoms with E-state index in [1.807, 2.05) is 0 Å². The van der Waals surface area contributed by atoms with Crippen LogP contribution in [0.4, 0.5) is 0 Å². The number of methoxy groups -OCH3 is 1. The third-order valence-corrected chi connectivity index (χ3v) is 1.38. The molecule has 0 heterocycles. The molecule has 4 heteroatoms. The summed E-state index contributed by atoms with van der Waals surface area (Å²) in [5.41, 5.74) is 0. The third-order valence-electron chi connectivity index (χ3n) is 1.38. The second kappa shape index (κ2) is 6.79. The van der Waals surface area contributed by atoms with E-state index in [1.165, 1.54) is 7.11 Å². The van der Waals surface area contributed by atoms with E-state index in [4.69, 9.17) is 4.74 Å². The molecule has 0 aliphatic heterocycles. The van der Waals surface area contributed by atoms with Gasteiger partial charge in [0.05, 0.1) is 7.11 Å². The molecule has 0 bridgehead atoms. The van der Waals surface area contributed by atoms with Gasteiger partial charge < -0.3 is 14.3 Å². The Morgan fingerprint density at radius 3 is 2.67 bits per heavy atom. The lowest BCUT2D eigenvalue weighted by molar-refractivity contribution is -0.154. The maximum atomic E-state index is 10.9. The highest BCUT2D eigenvalue weighted by molar-refractivity contribution is 5.74. The molecule has 0 rings (SSSR count). The van der Waals surface area contributed by atoms with E-state index in [1.54, 1.807) is 6.92 Å². The molecule has 70 valence electrons. The molecular formula is C8H14O4. The molecule has 1 atom stereocenters. The van der Waals surface area contributed by atoms with Gasteiger partial charge >= 0.3 is 5.97 Å². The fraction of sp³-hybridized carbons (Fsp3) is 0.750. The Labute approximate surface area is 71.8 Å². The highest BCUT2D eigenvalue weighted by atomic mass is 16.6. The standard InChI is InChI=1S/C8H14O4/c1-3-12-7(5-4-6-9)8(10)11-2/h6-7H,3-5H2,1-2H3. The van der Waals surface area contributed by atoms with Gasteiger partial charge in [0.2, 0.25) is 0 Å². The van der Waals surface area contributed by atoms with Crippen molar-refractivity contribution in [2.75, 3.05) is 13.7 Å². The molecule has 0 radical (unpaired) electrons. The van der Waals surface area contributed by atoms with Crippen molar-refractivity contribution in [3.63, 3.8) is 0 Å². The summed E-state index contributed by atoms with van der Waals surface area (Å²) in [6.45, 7) is 2.23. The molecule has 0 aromatic heterocycles. The van der Waals surface area contributed by atoms with E-state index < -0.39 is 12.1 Å². The van der Waals surface area contributed by atoms with Crippen LogP contribution in [0.1, 0.15) is 19.8 Å². The van der Waals surface area contributed by atoms with Crippen LogP contribution in [-0.2, 0) is 19.1 Å². The van der Waals surface area contributed by atoms with Crippen LogP contribution in [0.15, 0.2) is 0 Å². The van der Waals surface area contributed by atoms with E-state index in [0.717, 1.165) is 6.29 Å². The molecule has 1 unspecified atom stereocenters. The number of hydrogen-bond acceptors (Lipinski definition) is 4. The number of ether oxygens (including phenoxy) is 2. The lowest BCUT2D eigenvalue weighted by Gasteiger charge is -2.12. The summed E-state index contributed by atoms with van der Waals surface area (Å²) in [6.07, 6.45) is 0.879. The second-order valence-corrected chi connectivity index (χ2v) is 2.21. The van der Waals surface area contributed by atoms with Crippen molar-refractivity contribution < 1.29 is 19.1 Å². The van der Waals surface area contributed by atoms with Crippen LogP contribution in [0, 0.1) is 0 Å². The van der Waals surface area contributed by atoms with Gasteiger partial charge in [-0.25, -0.2) is 4.79 Å². The number of carbonyl (C=O) groups is 2. The van der Waals surface area contributed by atoms with Gasteiger partial charge in [0.15, 0.2) is 6.10 Å². The lowest BCUT2D eigenvalue weighted by Crippen LogP contribution is -2.25. The maximum Gasteiger partial charge on any atom is 0.334 e. The third kappa shape index (κ3) is 4.08. The number of aldehydes is 1. The molecule has 12 heavy (non-hydrogen) atoms. The average Bonchev–Trinajstić information content (AvgIpc) is 2.11. The molecule has 0 N–H and O–H groups in total. The summed E-state index contributed by atoms with van der Waals surface area (Å²) in [5.74, 6) is -0.418. The normalized spacial score (nSPS) is 12.2.